The summed E-state index contributed by atoms with van der Waals surface area (Å²) in [5.74, 6) is 2.16. The van der Waals surface area contributed by atoms with E-state index in [1.807, 2.05) is 5.38 Å². The Morgan fingerprint density at radius 1 is 1.00 bits per heavy atom. The molecule has 0 spiro atoms. The van der Waals surface area contributed by atoms with Gasteiger partial charge in [0.25, 0.3) is 0 Å². The lowest BCUT2D eigenvalue weighted by Gasteiger charge is -2.31. The quantitative estimate of drug-likeness (QED) is 0.513. The summed E-state index contributed by atoms with van der Waals surface area (Å²) in [5, 5.41) is 10.3. The largest absolute Gasteiger partial charge is 0.299 e. The average molecular weight is 402 g/mol. The summed E-state index contributed by atoms with van der Waals surface area (Å²) in [6.07, 6.45) is 3.99. The molecule has 4 aromatic rings. The Hall–Kier alpha value is -2.83. The Labute approximate surface area is 174 Å². The summed E-state index contributed by atoms with van der Waals surface area (Å²) in [4.78, 5) is 11.6. The van der Waals surface area contributed by atoms with E-state index in [1.165, 1.54) is 16.7 Å². The van der Waals surface area contributed by atoms with Crippen molar-refractivity contribution < 1.29 is 0 Å². The second-order valence-corrected chi connectivity index (χ2v) is 8.35. The predicted molar refractivity (Wildman–Crippen MR) is 117 cm³/mol. The molecule has 0 radical (unpaired) electrons. The maximum atomic E-state index is 4.70. The van der Waals surface area contributed by atoms with Crippen molar-refractivity contribution in [3.05, 3.63) is 77.6 Å². The van der Waals surface area contributed by atoms with Gasteiger partial charge in [-0.2, -0.15) is 5.10 Å². The van der Waals surface area contributed by atoms with Crippen molar-refractivity contribution in [3.63, 3.8) is 0 Å². The first-order valence-electron chi connectivity index (χ1n) is 10.0. The number of benzene rings is 2. The van der Waals surface area contributed by atoms with Crippen LogP contribution in [0.25, 0.3) is 22.0 Å². The van der Waals surface area contributed by atoms with Gasteiger partial charge in [-0.05, 0) is 42.6 Å². The van der Waals surface area contributed by atoms with E-state index in [-0.39, 0.29) is 0 Å². The Morgan fingerprint density at radius 3 is 2.59 bits per heavy atom. The smallest absolute Gasteiger partial charge is 0.210 e. The third-order valence-electron chi connectivity index (χ3n) is 5.60. The predicted octanol–water partition coefficient (Wildman–Crippen LogP) is 4.97. The maximum absolute atomic E-state index is 4.70. The number of aromatic nitrogens is 4. The van der Waals surface area contributed by atoms with Crippen molar-refractivity contribution in [1.82, 2.24) is 25.1 Å². The van der Waals surface area contributed by atoms with Crippen LogP contribution in [0, 0.1) is 0 Å². The van der Waals surface area contributed by atoms with Crippen LogP contribution in [-0.2, 0) is 6.54 Å². The van der Waals surface area contributed by atoms with E-state index in [0.717, 1.165) is 43.3 Å². The fourth-order valence-electron chi connectivity index (χ4n) is 4.05. The first-order valence-corrected chi connectivity index (χ1v) is 10.9. The van der Waals surface area contributed by atoms with Crippen LogP contribution in [0.4, 0.5) is 0 Å². The van der Waals surface area contributed by atoms with Crippen LogP contribution in [0.5, 0.6) is 0 Å². The van der Waals surface area contributed by atoms with E-state index in [0.29, 0.717) is 11.7 Å². The lowest BCUT2D eigenvalue weighted by Crippen LogP contribution is -2.32. The third kappa shape index (κ3) is 3.99. The molecule has 0 unspecified atom stereocenters. The Bertz CT molecular complexity index is 1050. The summed E-state index contributed by atoms with van der Waals surface area (Å²) in [6, 6.07) is 19.4. The maximum Gasteiger partial charge on any atom is 0.210 e. The molecule has 1 N–H and O–H groups in total. The van der Waals surface area contributed by atoms with Crippen LogP contribution in [0.1, 0.15) is 30.1 Å². The number of hydrogen-bond acceptors (Lipinski definition) is 5. The monoisotopic (exact) mass is 401 g/mol. The van der Waals surface area contributed by atoms with Crippen LogP contribution in [0.2, 0.25) is 0 Å². The zero-order valence-corrected chi connectivity index (χ0v) is 17.0. The Morgan fingerprint density at radius 2 is 1.79 bits per heavy atom. The number of nitrogens with one attached hydrogen (secondary N) is 1. The lowest BCUT2D eigenvalue weighted by molar-refractivity contribution is 0.202. The van der Waals surface area contributed by atoms with Gasteiger partial charge >= 0.3 is 0 Å². The molecule has 1 saturated heterocycles. The van der Waals surface area contributed by atoms with Crippen LogP contribution in [0.15, 0.2) is 66.2 Å². The average Bonchev–Trinajstić information content (AvgIpc) is 3.48. The molecule has 2 aromatic carbocycles. The lowest BCUT2D eigenvalue weighted by atomic mass is 9.94. The molecule has 0 amide bonds. The van der Waals surface area contributed by atoms with Crippen molar-refractivity contribution >= 4 is 11.3 Å². The first kappa shape index (κ1) is 18.2. The topological polar surface area (TPSA) is 57.7 Å². The zero-order chi connectivity index (χ0) is 19.5. The van der Waals surface area contributed by atoms with Crippen LogP contribution < -0.4 is 0 Å². The van der Waals surface area contributed by atoms with Gasteiger partial charge in [-0.25, -0.2) is 9.97 Å². The molecule has 146 valence electrons. The molecule has 0 bridgehead atoms. The molecule has 0 aliphatic carbocycles. The normalized spacial score (nSPS) is 15.6. The number of rotatable bonds is 5. The van der Waals surface area contributed by atoms with Crippen LogP contribution in [0.3, 0.4) is 0 Å². The molecule has 0 atom stereocenters. The standard InChI is InChI=1S/C23H23N5S/c1-2-6-17(7-3-1)20-9-5-4-8-19(20)16-28-13-10-18(11-14-28)21-25-22(27-26-21)23-24-12-15-29-23/h1-9,12,15,18H,10-11,13-14,16H2,(H,25,26,27). The fraction of sp³-hybridized carbons (Fsp3) is 0.261. The molecule has 0 saturated carbocycles. The van der Waals surface area contributed by atoms with Gasteiger partial charge in [-0.1, -0.05) is 54.6 Å². The van der Waals surface area contributed by atoms with Crippen molar-refractivity contribution in [1.29, 1.82) is 0 Å². The molecule has 1 fully saturated rings. The van der Waals surface area contributed by atoms with E-state index in [9.17, 15) is 0 Å². The summed E-state index contributed by atoms with van der Waals surface area (Å²) < 4.78 is 0. The number of aromatic amines is 1. The molecule has 5 nitrogen and oxygen atoms in total. The first-order chi connectivity index (χ1) is 14.4. The summed E-state index contributed by atoms with van der Waals surface area (Å²) in [5.41, 5.74) is 4.01. The van der Waals surface area contributed by atoms with Crippen LogP contribution >= 0.6 is 11.3 Å². The highest BCUT2D eigenvalue weighted by Crippen LogP contribution is 2.30. The van der Waals surface area contributed by atoms with E-state index < -0.39 is 0 Å². The van der Waals surface area contributed by atoms with Crippen molar-refractivity contribution in [2.75, 3.05) is 13.1 Å². The van der Waals surface area contributed by atoms with Gasteiger partial charge in [0, 0.05) is 24.0 Å². The number of hydrogen-bond donors (Lipinski definition) is 1. The highest BCUT2D eigenvalue weighted by Gasteiger charge is 2.24. The molecule has 29 heavy (non-hydrogen) atoms. The third-order valence-corrected chi connectivity index (χ3v) is 6.37. The molecule has 6 heteroatoms. The van der Waals surface area contributed by atoms with E-state index in [1.54, 1.807) is 17.5 Å². The molecule has 5 rings (SSSR count). The number of likely N-dealkylation sites (tertiary alicyclic amines) is 1. The molecule has 1 aliphatic rings. The second kappa shape index (κ2) is 8.27. The highest BCUT2D eigenvalue weighted by atomic mass is 32.1. The van der Waals surface area contributed by atoms with Crippen molar-refractivity contribution in [3.8, 4) is 22.0 Å². The number of piperidine rings is 1. The van der Waals surface area contributed by atoms with Gasteiger partial charge in [0.2, 0.25) is 5.82 Å². The Kier molecular flexibility index (Phi) is 5.19. The zero-order valence-electron chi connectivity index (χ0n) is 16.2. The minimum absolute atomic E-state index is 0.442. The molecular weight excluding hydrogens is 378 g/mol. The highest BCUT2D eigenvalue weighted by molar-refractivity contribution is 7.12. The molecular formula is C23H23N5S. The van der Waals surface area contributed by atoms with Gasteiger partial charge in [-0.15, -0.1) is 11.3 Å². The molecule has 3 heterocycles. The summed E-state index contributed by atoms with van der Waals surface area (Å²) in [6.45, 7) is 3.13. The summed E-state index contributed by atoms with van der Waals surface area (Å²) in [7, 11) is 0. The number of thiazole rings is 1. The fourth-order valence-corrected chi connectivity index (χ4v) is 4.62. The van der Waals surface area contributed by atoms with Gasteiger partial charge in [0.15, 0.2) is 5.01 Å². The van der Waals surface area contributed by atoms with Crippen molar-refractivity contribution in [2.45, 2.75) is 25.3 Å². The SMILES string of the molecule is c1ccc(-c2ccccc2CN2CCC(c3nc(-c4nccs4)n[nH]3)CC2)cc1. The number of H-pyrrole nitrogens is 1. The number of nitrogens with zero attached hydrogens (tertiary/aromatic N) is 4. The van der Waals surface area contributed by atoms with Gasteiger partial charge in [0.05, 0.1) is 0 Å². The molecule has 2 aromatic heterocycles. The van der Waals surface area contributed by atoms with Crippen LogP contribution in [-0.4, -0.2) is 38.2 Å². The minimum Gasteiger partial charge on any atom is -0.299 e. The minimum atomic E-state index is 0.442. The van der Waals surface area contributed by atoms with Crippen molar-refractivity contribution in [2.24, 2.45) is 0 Å². The van der Waals surface area contributed by atoms with Gasteiger partial charge in [-0.3, -0.25) is 10.00 Å². The molecule has 1 aliphatic heterocycles. The summed E-state index contributed by atoms with van der Waals surface area (Å²) >= 11 is 1.57. The second-order valence-electron chi connectivity index (χ2n) is 7.46. The van der Waals surface area contributed by atoms with E-state index in [2.05, 4.69) is 74.7 Å². The van der Waals surface area contributed by atoms with E-state index in [4.69, 9.17) is 4.98 Å². The van der Waals surface area contributed by atoms with Gasteiger partial charge in [0.1, 0.15) is 5.82 Å². The van der Waals surface area contributed by atoms with Gasteiger partial charge < -0.3 is 0 Å². The van der Waals surface area contributed by atoms with E-state index >= 15 is 0 Å². The Balaban J connectivity index is 1.24.